The Morgan fingerprint density at radius 3 is 1.93 bits per heavy atom. The van der Waals surface area contributed by atoms with Crippen molar-refractivity contribution in [2.45, 2.75) is 0 Å². The van der Waals surface area contributed by atoms with E-state index in [2.05, 4.69) is 4.74 Å². The molecule has 0 radical (unpaired) electrons. The molecule has 0 atom stereocenters. The monoisotopic (exact) mass is 216 g/mol. The number of hydrogen-bond acceptors (Lipinski definition) is 5. The van der Waals surface area contributed by atoms with E-state index in [0.29, 0.717) is 5.56 Å². The van der Waals surface area contributed by atoms with Gasteiger partial charge >= 0.3 is 16.6 Å². The van der Waals surface area contributed by atoms with E-state index >= 15 is 0 Å². The summed E-state index contributed by atoms with van der Waals surface area (Å²) >= 11 is 0. The summed E-state index contributed by atoms with van der Waals surface area (Å²) in [6.07, 6.45) is 0. The summed E-state index contributed by atoms with van der Waals surface area (Å²) in [5.41, 5.74) is 0.588. The Balaban J connectivity index is 0.000000364. The highest BCUT2D eigenvalue weighted by Crippen LogP contribution is 1.98. The Morgan fingerprint density at radius 1 is 1.14 bits per heavy atom. The highest BCUT2D eigenvalue weighted by Gasteiger charge is 2.00. The van der Waals surface area contributed by atoms with Gasteiger partial charge in [0.25, 0.3) is 0 Å². The molecule has 0 saturated carbocycles. The molecule has 6 heteroatoms. The van der Waals surface area contributed by atoms with E-state index < -0.39 is 10.6 Å². The van der Waals surface area contributed by atoms with Crippen LogP contribution in [0.3, 0.4) is 0 Å². The minimum atomic E-state index is -3.11. The van der Waals surface area contributed by atoms with Gasteiger partial charge in [-0.25, -0.2) is 4.79 Å². The smallest absolute Gasteiger partial charge is 0.425 e. The number of esters is 1. The van der Waals surface area contributed by atoms with Gasteiger partial charge in [-0.2, -0.15) is 0 Å². The molecule has 1 aromatic rings. The van der Waals surface area contributed by atoms with E-state index in [9.17, 15) is 4.79 Å². The minimum Gasteiger partial charge on any atom is -0.465 e. The largest absolute Gasteiger partial charge is 0.465 e. The molecule has 76 valence electrons. The van der Waals surface area contributed by atoms with Gasteiger partial charge in [0, 0.05) is 0 Å². The van der Waals surface area contributed by atoms with Crippen molar-refractivity contribution < 1.29 is 22.2 Å². The molecular formula is C8H8O5S. The fourth-order valence-corrected chi connectivity index (χ4v) is 0.692. The maximum atomic E-state index is 10.8. The molecule has 1 rings (SSSR count). The van der Waals surface area contributed by atoms with Crippen LogP contribution in [-0.2, 0) is 15.3 Å². The van der Waals surface area contributed by atoms with Crippen molar-refractivity contribution in [3.8, 4) is 0 Å². The van der Waals surface area contributed by atoms with Gasteiger partial charge in [-0.15, -0.1) is 12.6 Å². The quantitative estimate of drug-likeness (QED) is 0.637. The van der Waals surface area contributed by atoms with Crippen LogP contribution in [0.1, 0.15) is 10.4 Å². The first kappa shape index (κ1) is 12.3. The maximum absolute atomic E-state index is 10.8. The Labute approximate surface area is 82.4 Å². The SMILES string of the molecule is COC(=O)c1ccccc1.O=S(=O)=O. The van der Waals surface area contributed by atoms with Gasteiger partial charge in [0.05, 0.1) is 12.7 Å². The molecule has 0 saturated heterocycles. The van der Waals surface area contributed by atoms with Crippen LogP contribution in [0.5, 0.6) is 0 Å². The first-order chi connectivity index (χ1) is 6.57. The molecule has 0 aliphatic rings. The van der Waals surface area contributed by atoms with E-state index in [1.54, 1.807) is 24.3 Å². The molecule has 0 N–H and O–H groups in total. The number of carbonyl (C=O) groups excluding carboxylic acids is 1. The lowest BCUT2D eigenvalue weighted by Crippen LogP contribution is -1.99. The van der Waals surface area contributed by atoms with Crippen LogP contribution < -0.4 is 0 Å². The summed E-state index contributed by atoms with van der Waals surface area (Å²) in [7, 11) is -1.74. The lowest BCUT2D eigenvalue weighted by Gasteiger charge is -1.95. The van der Waals surface area contributed by atoms with Crippen molar-refractivity contribution >= 4 is 16.6 Å². The van der Waals surface area contributed by atoms with E-state index in [-0.39, 0.29) is 5.97 Å². The molecule has 0 aromatic heterocycles. The van der Waals surface area contributed by atoms with Crippen LogP contribution in [0, 0.1) is 0 Å². The van der Waals surface area contributed by atoms with Crippen molar-refractivity contribution in [3.63, 3.8) is 0 Å². The Hall–Kier alpha value is -1.69. The third-order valence-corrected chi connectivity index (χ3v) is 1.19. The second kappa shape index (κ2) is 6.79. The van der Waals surface area contributed by atoms with Gasteiger partial charge in [-0.3, -0.25) is 0 Å². The molecule has 0 amide bonds. The molecule has 1 aromatic carbocycles. The zero-order chi connectivity index (χ0) is 11.0. The van der Waals surface area contributed by atoms with Crippen LogP contribution in [0.15, 0.2) is 30.3 Å². The van der Waals surface area contributed by atoms with Crippen molar-refractivity contribution in [2.24, 2.45) is 0 Å². The fraction of sp³-hybridized carbons (Fsp3) is 0.125. The topological polar surface area (TPSA) is 77.5 Å². The first-order valence-electron chi connectivity index (χ1n) is 3.48. The lowest BCUT2D eigenvalue weighted by atomic mass is 10.2. The molecule has 14 heavy (non-hydrogen) atoms. The van der Waals surface area contributed by atoms with Gasteiger partial charge in [0.2, 0.25) is 0 Å². The van der Waals surface area contributed by atoms with Gasteiger partial charge in [0.15, 0.2) is 0 Å². The summed E-state index contributed by atoms with van der Waals surface area (Å²) in [6, 6.07) is 8.88. The first-order valence-corrected chi connectivity index (χ1v) is 4.48. The summed E-state index contributed by atoms with van der Waals surface area (Å²) < 4.78 is 29.8. The van der Waals surface area contributed by atoms with E-state index in [1.807, 2.05) is 6.07 Å². The van der Waals surface area contributed by atoms with Gasteiger partial charge in [-0.1, -0.05) is 18.2 Å². The summed E-state index contributed by atoms with van der Waals surface area (Å²) in [5, 5.41) is 0. The maximum Gasteiger partial charge on any atom is 0.425 e. The van der Waals surface area contributed by atoms with Gasteiger partial charge in [0.1, 0.15) is 0 Å². The number of ether oxygens (including phenoxy) is 1. The van der Waals surface area contributed by atoms with Crippen LogP contribution in [0.2, 0.25) is 0 Å². The zero-order valence-electron chi connectivity index (χ0n) is 7.34. The average molecular weight is 216 g/mol. The van der Waals surface area contributed by atoms with Crippen LogP contribution >= 0.6 is 0 Å². The Morgan fingerprint density at radius 2 is 1.57 bits per heavy atom. The third-order valence-electron chi connectivity index (χ3n) is 1.19. The molecule has 0 unspecified atom stereocenters. The van der Waals surface area contributed by atoms with Crippen LogP contribution in [-0.4, -0.2) is 25.7 Å². The molecule has 0 spiro atoms. The molecular weight excluding hydrogens is 208 g/mol. The summed E-state index contributed by atoms with van der Waals surface area (Å²) in [4.78, 5) is 10.8. The van der Waals surface area contributed by atoms with Crippen LogP contribution in [0.4, 0.5) is 0 Å². The lowest BCUT2D eigenvalue weighted by molar-refractivity contribution is 0.0600. The highest BCUT2D eigenvalue weighted by atomic mass is 32.2. The Bertz CT molecular complexity index is 373. The normalized spacial score (nSPS) is 8.07. The predicted octanol–water partition coefficient (Wildman–Crippen LogP) is 0.469. The van der Waals surface area contributed by atoms with Crippen molar-refractivity contribution in [3.05, 3.63) is 35.9 Å². The molecule has 5 nitrogen and oxygen atoms in total. The zero-order valence-corrected chi connectivity index (χ0v) is 8.15. The van der Waals surface area contributed by atoms with Crippen LogP contribution in [0.25, 0.3) is 0 Å². The predicted molar refractivity (Wildman–Crippen MR) is 47.5 cm³/mol. The third kappa shape index (κ3) is 5.90. The second-order valence-electron chi connectivity index (χ2n) is 2.06. The van der Waals surface area contributed by atoms with Crippen molar-refractivity contribution in [1.82, 2.24) is 0 Å². The standard InChI is InChI=1S/C8H8O2.O3S/c1-10-8(9)7-5-3-2-4-6-7;1-4(2)3/h2-6H,1H3;. The molecule has 0 aliphatic carbocycles. The Kier molecular flexibility index (Phi) is 5.97. The molecule has 0 fully saturated rings. The van der Waals surface area contributed by atoms with E-state index in [0.717, 1.165) is 0 Å². The number of carbonyl (C=O) groups is 1. The average Bonchev–Trinajstić information content (AvgIpc) is 2.17. The molecule has 0 bridgehead atoms. The number of rotatable bonds is 1. The number of hydrogen-bond donors (Lipinski definition) is 0. The fourth-order valence-electron chi connectivity index (χ4n) is 0.692. The number of benzene rings is 1. The summed E-state index contributed by atoms with van der Waals surface area (Å²) in [5.74, 6) is -0.291. The van der Waals surface area contributed by atoms with Crippen molar-refractivity contribution in [2.75, 3.05) is 7.11 Å². The van der Waals surface area contributed by atoms with E-state index in [4.69, 9.17) is 12.6 Å². The van der Waals surface area contributed by atoms with Gasteiger partial charge in [-0.05, 0) is 12.1 Å². The molecule has 0 aliphatic heterocycles. The number of methoxy groups -OCH3 is 1. The summed E-state index contributed by atoms with van der Waals surface area (Å²) in [6.45, 7) is 0. The van der Waals surface area contributed by atoms with E-state index in [1.165, 1.54) is 7.11 Å². The van der Waals surface area contributed by atoms with Gasteiger partial charge < -0.3 is 4.74 Å². The minimum absolute atomic E-state index is 0.291. The van der Waals surface area contributed by atoms with Crippen molar-refractivity contribution in [1.29, 1.82) is 0 Å². The highest BCUT2D eigenvalue weighted by molar-refractivity contribution is 7.59. The molecule has 0 heterocycles. The second-order valence-corrected chi connectivity index (χ2v) is 2.47.